The van der Waals surface area contributed by atoms with Gasteiger partial charge in [0.15, 0.2) is 0 Å². The zero-order valence-corrected chi connectivity index (χ0v) is 13.2. The number of anilines is 1. The molecule has 2 saturated heterocycles. The van der Waals surface area contributed by atoms with Gasteiger partial charge in [-0.05, 0) is 31.0 Å². The van der Waals surface area contributed by atoms with Crippen LogP contribution in [-0.2, 0) is 0 Å². The Morgan fingerprint density at radius 1 is 1.17 bits per heavy atom. The number of aromatic nitrogens is 2. The summed E-state index contributed by atoms with van der Waals surface area (Å²) in [4.78, 5) is 8.87. The highest BCUT2D eigenvalue weighted by Crippen LogP contribution is 2.36. The fourth-order valence-corrected chi connectivity index (χ4v) is 3.29. The molecular weight excluding hydrogens is 303 g/mol. The van der Waals surface area contributed by atoms with Gasteiger partial charge in [-0.15, -0.1) is 0 Å². The van der Waals surface area contributed by atoms with E-state index >= 15 is 0 Å². The van der Waals surface area contributed by atoms with E-state index in [-0.39, 0.29) is 5.82 Å². The smallest absolute Gasteiger partial charge is 0.244 e. The minimum absolute atomic E-state index is 0.291. The highest BCUT2D eigenvalue weighted by molar-refractivity contribution is 5.45. The normalized spacial score (nSPS) is 20.0. The maximum atomic E-state index is 13.2. The summed E-state index contributed by atoms with van der Waals surface area (Å²) in [5.41, 5.74) is 2.37. The van der Waals surface area contributed by atoms with E-state index in [0.29, 0.717) is 23.1 Å². The maximum Gasteiger partial charge on any atom is 0.244 e. The molecule has 5 heteroatoms. The molecule has 0 amide bonds. The first-order valence-corrected chi connectivity index (χ1v) is 8.05. The first-order chi connectivity index (χ1) is 11.7. The number of hydrogen-bond acceptors (Lipinski definition) is 4. The Labute approximate surface area is 140 Å². The fraction of sp³-hybridized carbons (Fsp3) is 0.263. The van der Waals surface area contributed by atoms with Gasteiger partial charge in [0.1, 0.15) is 5.82 Å². The summed E-state index contributed by atoms with van der Waals surface area (Å²) in [6.07, 6.45) is 6.78. The molecule has 2 aromatic rings. The Balaban J connectivity index is 1.54. The lowest BCUT2D eigenvalue weighted by Crippen LogP contribution is -2.37. The number of fused-ring (bicyclic) bond motifs is 1. The summed E-state index contributed by atoms with van der Waals surface area (Å²) >= 11 is 0. The molecule has 3 heterocycles. The van der Waals surface area contributed by atoms with Crippen molar-refractivity contribution in [3.05, 3.63) is 65.9 Å². The summed E-state index contributed by atoms with van der Waals surface area (Å²) in [6, 6.07) is 6.76. The number of nitrogens with zero attached hydrogens (tertiary/aromatic N) is 4. The minimum Gasteiger partial charge on any atom is -0.245 e. The minimum atomic E-state index is -0.291. The predicted molar refractivity (Wildman–Crippen MR) is 90.4 cm³/mol. The lowest BCUT2D eigenvalue weighted by molar-refractivity contribution is 0.297. The number of halogens is 1. The quantitative estimate of drug-likeness (QED) is 0.756. The highest BCUT2D eigenvalue weighted by atomic mass is 19.1. The van der Waals surface area contributed by atoms with E-state index in [2.05, 4.69) is 33.4 Å². The molecule has 0 N–H and O–H groups in total. The van der Waals surface area contributed by atoms with Crippen LogP contribution in [0.4, 0.5) is 10.3 Å². The lowest BCUT2D eigenvalue weighted by atomic mass is 10.1. The first-order valence-electron chi connectivity index (χ1n) is 8.05. The van der Waals surface area contributed by atoms with Crippen LogP contribution in [-0.4, -0.2) is 27.6 Å². The molecule has 1 aromatic carbocycles. The molecule has 1 aromatic heterocycles. The molecule has 0 bridgehead atoms. The van der Waals surface area contributed by atoms with Crippen LogP contribution >= 0.6 is 0 Å². The molecular formula is C19H17FN4. The molecule has 2 aliphatic heterocycles. The van der Waals surface area contributed by atoms with Gasteiger partial charge in [0.25, 0.3) is 0 Å². The van der Waals surface area contributed by atoms with Crippen LogP contribution in [0.5, 0.6) is 0 Å². The molecule has 120 valence electrons. The zero-order valence-electron chi connectivity index (χ0n) is 13.2. The van der Waals surface area contributed by atoms with E-state index in [0.717, 1.165) is 18.7 Å². The zero-order chi connectivity index (χ0) is 16.5. The van der Waals surface area contributed by atoms with Gasteiger partial charge >= 0.3 is 0 Å². The van der Waals surface area contributed by atoms with E-state index in [4.69, 9.17) is 0 Å². The summed E-state index contributed by atoms with van der Waals surface area (Å²) < 4.78 is 13.2. The van der Waals surface area contributed by atoms with E-state index < -0.39 is 0 Å². The van der Waals surface area contributed by atoms with Crippen LogP contribution in [0.25, 0.3) is 0 Å². The van der Waals surface area contributed by atoms with Crippen molar-refractivity contribution in [1.29, 1.82) is 0 Å². The van der Waals surface area contributed by atoms with Crippen molar-refractivity contribution in [2.45, 2.75) is 25.3 Å². The maximum absolute atomic E-state index is 13.2. The van der Waals surface area contributed by atoms with Crippen LogP contribution in [0.3, 0.4) is 0 Å². The van der Waals surface area contributed by atoms with Gasteiger partial charge in [0.2, 0.25) is 5.95 Å². The number of hydrogen-bond donors (Lipinski definition) is 0. The molecule has 0 radical (unpaired) electrons. The molecule has 2 fully saturated rings. The van der Waals surface area contributed by atoms with Gasteiger partial charge in [-0.1, -0.05) is 24.5 Å². The van der Waals surface area contributed by atoms with Crippen molar-refractivity contribution in [3.8, 4) is 11.8 Å². The SMILES string of the molecule is C=C1CC2CCCN2N1c1ncc(C#Cc2cccc(F)c2)cn1. The van der Waals surface area contributed by atoms with E-state index in [1.165, 1.54) is 25.0 Å². The first kappa shape index (κ1) is 14.9. The molecule has 24 heavy (non-hydrogen) atoms. The molecule has 1 atom stereocenters. The summed E-state index contributed by atoms with van der Waals surface area (Å²) in [5.74, 6) is 6.24. The molecule has 0 spiro atoms. The highest BCUT2D eigenvalue weighted by Gasteiger charge is 2.39. The molecule has 0 saturated carbocycles. The van der Waals surface area contributed by atoms with Crippen molar-refractivity contribution in [2.75, 3.05) is 11.6 Å². The van der Waals surface area contributed by atoms with E-state index in [1.54, 1.807) is 24.5 Å². The van der Waals surface area contributed by atoms with E-state index in [9.17, 15) is 4.39 Å². The predicted octanol–water partition coefficient (Wildman–Crippen LogP) is 3.12. The van der Waals surface area contributed by atoms with Gasteiger partial charge in [-0.25, -0.2) is 24.4 Å². The second kappa shape index (κ2) is 6.06. The molecule has 0 aliphatic carbocycles. The van der Waals surface area contributed by atoms with Crippen LogP contribution in [0.15, 0.2) is 48.9 Å². The number of rotatable bonds is 1. The second-order valence-electron chi connectivity index (χ2n) is 6.07. The van der Waals surface area contributed by atoms with Crippen LogP contribution < -0.4 is 5.01 Å². The van der Waals surface area contributed by atoms with Crippen molar-refractivity contribution < 1.29 is 4.39 Å². The Bertz CT molecular complexity index is 834. The Kier molecular flexibility index (Phi) is 3.75. The Morgan fingerprint density at radius 2 is 1.96 bits per heavy atom. The third-order valence-corrected chi connectivity index (χ3v) is 4.38. The Hall–Kier alpha value is -2.71. The van der Waals surface area contributed by atoms with Gasteiger partial charge in [-0.3, -0.25) is 0 Å². The topological polar surface area (TPSA) is 32.3 Å². The van der Waals surface area contributed by atoms with Crippen LogP contribution in [0.1, 0.15) is 30.4 Å². The summed E-state index contributed by atoms with van der Waals surface area (Å²) in [5, 5.41) is 4.33. The van der Waals surface area contributed by atoms with Gasteiger partial charge in [-0.2, -0.15) is 0 Å². The van der Waals surface area contributed by atoms with Crippen molar-refractivity contribution in [1.82, 2.24) is 15.0 Å². The largest absolute Gasteiger partial charge is 0.245 e. The lowest BCUT2D eigenvalue weighted by Gasteiger charge is -2.27. The van der Waals surface area contributed by atoms with Crippen molar-refractivity contribution >= 4 is 5.95 Å². The Morgan fingerprint density at radius 3 is 2.75 bits per heavy atom. The third-order valence-electron chi connectivity index (χ3n) is 4.38. The molecule has 1 unspecified atom stereocenters. The third kappa shape index (κ3) is 2.77. The van der Waals surface area contributed by atoms with Gasteiger partial charge in [0, 0.05) is 42.7 Å². The van der Waals surface area contributed by atoms with Crippen LogP contribution in [0.2, 0.25) is 0 Å². The average Bonchev–Trinajstić information content (AvgIpc) is 3.14. The monoisotopic (exact) mass is 320 g/mol. The molecule has 2 aliphatic rings. The van der Waals surface area contributed by atoms with Crippen molar-refractivity contribution in [3.63, 3.8) is 0 Å². The summed E-state index contributed by atoms with van der Waals surface area (Å²) in [7, 11) is 0. The average molecular weight is 320 g/mol. The second-order valence-corrected chi connectivity index (χ2v) is 6.07. The number of benzene rings is 1. The van der Waals surface area contributed by atoms with Gasteiger partial charge in [0.05, 0.1) is 5.56 Å². The van der Waals surface area contributed by atoms with Gasteiger partial charge < -0.3 is 0 Å². The molecule has 4 rings (SSSR count). The number of hydrazine groups is 1. The standard InChI is InChI=1S/C19H17FN4/c1-14-10-18-6-3-9-23(18)24(14)19-21-12-16(13-22-19)8-7-15-4-2-5-17(20)11-15/h2,4-5,11-13,18H,1,3,6,9-10H2. The van der Waals surface area contributed by atoms with Crippen LogP contribution in [0, 0.1) is 17.7 Å². The summed E-state index contributed by atoms with van der Waals surface area (Å²) in [6.45, 7) is 5.16. The fourth-order valence-electron chi connectivity index (χ4n) is 3.29. The van der Waals surface area contributed by atoms with Crippen molar-refractivity contribution in [2.24, 2.45) is 0 Å². The van der Waals surface area contributed by atoms with E-state index in [1.807, 2.05) is 5.01 Å². The molecule has 4 nitrogen and oxygen atoms in total.